The number of aldehydes is 1. The van der Waals surface area contributed by atoms with Crippen molar-refractivity contribution in [3.8, 4) is 0 Å². The van der Waals surface area contributed by atoms with Crippen LogP contribution in [0.5, 0.6) is 0 Å². The van der Waals surface area contributed by atoms with E-state index in [9.17, 15) is 4.79 Å². The monoisotopic (exact) mass is 224 g/mol. The Labute approximate surface area is 84.0 Å². The highest BCUT2D eigenvalue weighted by Crippen LogP contribution is 2.35. The minimum atomic E-state index is -0.610. The van der Waals surface area contributed by atoms with Gasteiger partial charge in [0.05, 0.1) is 4.34 Å². The summed E-state index contributed by atoms with van der Waals surface area (Å²) >= 11 is 12.7. The number of carbonyl (C=O) groups is 1. The van der Waals surface area contributed by atoms with Crippen LogP contribution in [0.25, 0.3) is 0 Å². The van der Waals surface area contributed by atoms with Crippen molar-refractivity contribution < 1.29 is 9.53 Å². The normalized spacial score (nSPS) is 12.9. The second kappa shape index (κ2) is 4.23. The molecule has 1 heterocycles. The summed E-state index contributed by atoms with van der Waals surface area (Å²) in [5.41, 5.74) is 0.629. The Morgan fingerprint density at radius 1 is 1.67 bits per heavy atom. The van der Waals surface area contributed by atoms with Crippen molar-refractivity contribution in [3.05, 3.63) is 20.3 Å². The van der Waals surface area contributed by atoms with E-state index in [4.69, 9.17) is 27.9 Å². The van der Waals surface area contributed by atoms with Gasteiger partial charge in [-0.2, -0.15) is 0 Å². The topological polar surface area (TPSA) is 26.3 Å². The molecule has 12 heavy (non-hydrogen) atoms. The van der Waals surface area contributed by atoms with Crippen molar-refractivity contribution in [2.24, 2.45) is 0 Å². The van der Waals surface area contributed by atoms with Gasteiger partial charge in [0, 0.05) is 12.7 Å². The Morgan fingerprint density at radius 3 is 2.67 bits per heavy atom. The molecule has 0 radical (unpaired) electrons. The third-order valence-corrected chi connectivity index (χ3v) is 2.89. The lowest BCUT2D eigenvalue weighted by molar-refractivity contribution is -0.116. The first-order valence-corrected chi connectivity index (χ1v) is 4.69. The van der Waals surface area contributed by atoms with Gasteiger partial charge in [0.2, 0.25) is 0 Å². The highest BCUT2D eigenvalue weighted by molar-refractivity contribution is 7.20. The molecule has 0 aliphatic rings. The lowest BCUT2D eigenvalue weighted by atomic mass is 10.2. The molecule has 2 nitrogen and oxygen atoms in total. The summed E-state index contributed by atoms with van der Waals surface area (Å²) in [4.78, 5) is 10.5. The number of rotatable bonds is 3. The first-order chi connectivity index (χ1) is 5.69. The molecule has 0 spiro atoms. The van der Waals surface area contributed by atoms with Gasteiger partial charge in [-0.3, -0.25) is 0 Å². The fraction of sp³-hybridized carbons (Fsp3) is 0.286. The molecule has 0 aliphatic carbocycles. The average molecular weight is 225 g/mol. The Hall–Kier alpha value is -0.0900. The van der Waals surface area contributed by atoms with Crippen molar-refractivity contribution in [2.45, 2.75) is 6.10 Å². The summed E-state index contributed by atoms with van der Waals surface area (Å²) in [6.07, 6.45) is 0.0748. The van der Waals surface area contributed by atoms with Crippen LogP contribution in [0, 0.1) is 0 Å². The minimum Gasteiger partial charge on any atom is -0.369 e. The zero-order valence-electron chi connectivity index (χ0n) is 6.21. The summed E-state index contributed by atoms with van der Waals surface area (Å²) in [7, 11) is 1.45. The minimum absolute atomic E-state index is 0.499. The highest BCUT2D eigenvalue weighted by Gasteiger charge is 2.15. The van der Waals surface area contributed by atoms with Crippen LogP contribution in [0.2, 0.25) is 8.67 Å². The van der Waals surface area contributed by atoms with Crippen molar-refractivity contribution in [2.75, 3.05) is 7.11 Å². The van der Waals surface area contributed by atoms with Crippen LogP contribution in [0.4, 0.5) is 0 Å². The Kier molecular flexibility index (Phi) is 3.53. The molecule has 0 saturated heterocycles. The predicted octanol–water partition coefficient (Wildman–Crippen LogP) is 2.94. The molecular formula is C7H6Cl2O2S. The van der Waals surface area contributed by atoms with Gasteiger partial charge in [-0.05, 0) is 6.07 Å². The van der Waals surface area contributed by atoms with Gasteiger partial charge in [-0.25, -0.2) is 0 Å². The van der Waals surface area contributed by atoms with E-state index in [1.165, 1.54) is 18.4 Å². The third kappa shape index (κ3) is 1.98. The second-order valence-electron chi connectivity index (χ2n) is 2.07. The van der Waals surface area contributed by atoms with E-state index in [-0.39, 0.29) is 0 Å². The number of hydrogen-bond donors (Lipinski definition) is 0. The zero-order valence-corrected chi connectivity index (χ0v) is 8.54. The molecule has 0 aromatic carbocycles. The summed E-state index contributed by atoms with van der Waals surface area (Å²) in [6, 6.07) is 1.64. The molecule has 5 heteroatoms. The largest absolute Gasteiger partial charge is 0.369 e. The van der Waals surface area contributed by atoms with Crippen LogP contribution >= 0.6 is 34.5 Å². The SMILES string of the molecule is COC(C=O)c1cc(Cl)sc1Cl. The summed E-state index contributed by atoms with van der Waals surface area (Å²) in [5.74, 6) is 0. The smallest absolute Gasteiger partial charge is 0.153 e. The van der Waals surface area contributed by atoms with Crippen molar-refractivity contribution in [3.63, 3.8) is 0 Å². The summed E-state index contributed by atoms with van der Waals surface area (Å²) in [6.45, 7) is 0. The van der Waals surface area contributed by atoms with Gasteiger partial charge in [0.1, 0.15) is 10.4 Å². The van der Waals surface area contributed by atoms with Crippen LogP contribution in [0.15, 0.2) is 6.07 Å². The molecule has 0 fully saturated rings. The van der Waals surface area contributed by atoms with Crippen molar-refractivity contribution in [1.29, 1.82) is 0 Å². The van der Waals surface area contributed by atoms with Crippen LogP contribution in [0.3, 0.4) is 0 Å². The average Bonchev–Trinajstić information content (AvgIpc) is 2.34. The Bertz CT molecular complexity index is 285. The van der Waals surface area contributed by atoms with E-state index in [1.807, 2.05) is 0 Å². The van der Waals surface area contributed by atoms with Gasteiger partial charge in [-0.15, -0.1) is 11.3 Å². The maximum absolute atomic E-state index is 10.5. The van der Waals surface area contributed by atoms with E-state index >= 15 is 0 Å². The zero-order chi connectivity index (χ0) is 9.14. The molecule has 1 aromatic heterocycles. The fourth-order valence-corrected chi connectivity index (χ4v) is 2.33. The maximum Gasteiger partial charge on any atom is 0.153 e. The summed E-state index contributed by atoms with van der Waals surface area (Å²) in [5, 5.41) is 0. The number of carbonyl (C=O) groups excluding carboxylic acids is 1. The van der Waals surface area contributed by atoms with Gasteiger partial charge >= 0.3 is 0 Å². The van der Waals surface area contributed by atoms with Crippen LogP contribution in [-0.2, 0) is 9.53 Å². The van der Waals surface area contributed by atoms with Crippen molar-refractivity contribution in [1.82, 2.24) is 0 Å². The molecule has 0 N–H and O–H groups in total. The quantitative estimate of drug-likeness (QED) is 0.739. The molecule has 1 unspecified atom stereocenters. The van der Waals surface area contributed by atoms with Gasteiger partial charge in [0.25, 0.3) is 0 Å². The van der Waals surface area contributed by atoms with Gasteiger partial charge in [-0.1, -0.05) is 23.2 Å². The second-order valence-corrected chi connectivity index (χ2v) is 4.36. The van der Waals surface area contributed by atoms with Crippen LogP contribution in [-0.4, -0.2) is 13.4 Å². The molecular weight excluding hydrogens is 219 g/mol. The first-order valence-electron chi connectivity index (χ1n) is 3.12. The predicted molar refractivity (Wildman–Crippen MR) is 50.2 cm³/mol. The van der Waals surface area contributed by atoms with E-state index in [0.717, 1.165) is 0 Å². The third-order valence-electron chi connectivity index (χ3n) is 1.37. The first kappa shape index (κ1) is 9.99. The van der Waals surface area contributed by atoms with Gasteiger partial charge < -0.3 is 9.53 Å². The standard InChI is InChI=1S/C7H6Cl2O2S/c1-11-5(3-10)4-2-6(8)12-7(4)9/h2-3,5H,1H3. The summed E-state index contributed by atoms with van der Waals surface area (Å²) < 4.78 is 5.93. The maximum atomic E-state index is 10.5. The van der Waals surface area contributed by atoms with E-state index in [1.54, 1.807) is 6.07 Å². The van der Waals surface area contributed by atoms with Crippen LogP contribution in [0.1, 0.15) is 11.7 Å². The van der Waals surface area contributed by atoms with E-state index < -0.39 is 6.10 Å². The number of hydrogen-bond acceptors (Lipinski definition) is 3. The van der Waals surface area contributed by atoms with Crippen molar-refractivity contribution >= 4 is 40.8 Å². The lowest BCUT2D eigenvalue weighted by Gasteiger charge is -2.05. The lowest BCUT2D eigenvalue weighted by Crippen LogP contribution is -2.00. The fourth-order valence-electron chi connectivity index (χ4n) is 0.803. The number of ether oxygens (including phenoxy) is 1. The molecule has 1 aromatic rings. The molecule has 0 bridgehead atoms. The number of methoxy groups -OCH3 is 1. The molecule has 1 rings (SSSR count). The molecule has 0 aliphatic heterocycles. The van der Waals surface area contributed by atoms with E-state index in [2.05, 4.69) is 0 Å². The highest BCUT2D eigenvalue weighted by atomic mass is 35.5. The molecule has 66 valence electrons. The molecule has 1 atom stereocenters. The van der Waals surface area contributed by atoms with Gasteiger partial charge in [0.15, 0.2) is 6.29 Å². The molecule has 0 amide bonds. The Morgan fingerprint density at radius 2 is 2.33 bits per heavy atom. The van der Waals surface area contributed by atoms with E-state index in [0.29, 0.717) is 20.5 Å². The van der Waals surface area contributed by atoms with Crippen LogP contribution < -0.4 is 0 Å². The number of halogens is 2. The molecule has 0 saturated carbocycles. The number of thiophene rings is 1. The Balaban J connectivity index is 2.99.